The number of carbonyl (C=O) groups is 1. The summed E-state index contributed by atoms with van der Waals surface area (Å²) in [4.78, 5) is 16.2. The molecule has 7 heteroatoms. The van der Waals surface area contributed by atoms with Crippen molar-refractivity contribution in [1.82, 2.24) is 10.3 Å². The molecule has 0 saturated carbocycles. The van der Waals surface area contributed by atoms with Crippen LogP contribution in [0.1, 0.15) is 24.1 Å². The van der Waals surface area contributed by atoms with Crippen LogP contribution in [-0.2, 0) is 16.1 Å². The number of nitrogens with zero attached hydrogens (tertiary/aromatic N) is 1. The van der Waals surface area contributed by atoms with Gasteiger partial charge in [-0.25, -0.2) is 0 Å². The Bertz CT molecular complexity index is 423. The molecule has 2 heterocycles. The largest absolute Gasteiger partial charge is 0.381 e. The maximum Gasteiger partial charge on any atom is 0.237 e. The summed E-state index contributed by atoms with van der Waals surface area (Å²) in [7, 11) is 0. The monoisotopic (exact) mass is 335 g/mol. The highest BCUT2D eigenvalue weighted by molar-refractivity contribution is 5.85. The fraction of sp³-hybridized carbons (Fsp3) is 0.571. The fourth-order valence-electron chi connectivity index (χ4n) is 2.20. The van der Waals surface area contributed by atoms with Crippen molar-refractivity contribution in [2.45, 2.75) is 32.4 Å². The second kappa shape index (κ2) is 9.95. The van der Waals surface area contributed by atoms with Crippen molar-refractivity contribution in [3.8, 4) is 0 Å². The van der Waals surface area contributed by atoms with Crippen molar-refractivity contribution >= 4 is 30.7 Å². The normalized spacial score (nSPS) is 16.3. The molecular weight excluding hydrogens is 313 g/mol. The van der Waals surface area contributed by atoms with Gasteiger partial charge in [-0.05, 0) is 37.3 Å². The smallest absolute Gasteiger partial charge is 0.237 e. The summed E-state index contributed by atoms with van der Waals surface area (Å²) in [6, 6.07) is 3.45. The zero-order chi connectivity index (χ0) is 13.7. The SMILES string of the molecule is Cc1ccc(CNC(=O)C(N)C2CCOCC2)cn1.Cl.Cl. The number of pyridine rings is 1. The van der Waals surface area contributed by atoms with Crippen molar-refractivity contribution in [1.29, 1.82) is 0 Å². The Balaban J connectivity index is 0.00000200. The summed E-state index contributed by atoms with van der Waals surface area (Å²) in [5.41, 5.74) is 7.95. The standard InChI is InChI=1S/C14H21N3O2.2ClH/c1-10-2-3-11(8-16-10)9-17-14(18)13(15)12-4-6-19-7-5-12;;/h2-3,8,12-13H,4-7,9,15H2,1H3,(H,17,18);2*1H. The van der Waals surface area contributed by atoms with Crippen LogP contribution in [-0.4, -0.2) is 30.1 Å². The number of hydrogen-bond donors (Lipinski definition) is 2. The Morgan fingerprint density at radius 2 is 2.10 bits per heavy atom. The van der Waals surface area contributed by atoms with Crippen LogP contribution in [0.15, 0.2) is 18.3 Å². The van der Waals surface area contributed by atoms with Crippen LogP contribution in [0.2, 0.25) is 0 Å². The Morgan fingerprint density at radius 1 is 1.43 bits per heavy atom. The number of nitrogens with two attached hydrogens (primary N) is 1. The summed E-state index contributed by atoms with van der Waals surface area (Å²) in [5.74, 6) is 0.136. The van der Waals surface area contributed by atoms with Gasteiger partial charge in [-0.15, -0.1) is 24.8 Å². The highest BCUT2D eigenvalue weighted by atomic mass is 35.5. The van der Waals surface area contributed by atoms with Gasteiger partial charge in [-0.3, -0.25) is 9.78 Å². The molecule has 1 aromatic rings. The van der Waals surface area contributed by atoms with E-state index in [1.807, 2.05) is 19.1 Å². The lowest BCUT2D eigenvalue weighted by Gasteiger charge is -2.26. The Morgan fingerprint density at radius 3 is 2.67 bits per heavy atom. The molecule has 0 aromatic carbocycles. The molecule has 0 spiro atoms. The maximum atomic E-state index is 12.0. The lowest BCUT2D eigenvalue weighted by Crippen LogP contribution is -2.46. The van der Waals surface area contributed by atoms with Crippen LogP contribution in [0.5, 0.6) is 0 Å². The molecule has 1 aromatic heterocycles. The van der Waals surface area contributed by atoms with Crippen molar-refractivity contribution in [2.75, 3.05) is 13.2 Å². The lowest BCUT2D eigenvalue weighted by atomic mass is 9.92. The van der Waals surface area contributed by atoms with Gasteiger partial charge in [-0.2, -0.15) is 0 Å². The van der Waals surface area contributed by atoms with E-state index in [2.05, 4.69) is 10.3 Å². The number of rotatable bonds is 4. The summed E-state index contributed by atoms with van der Waals surface area (Å²) in [5, 5.41) is 2.87. The Hall–Kier alpha value is -0.880. The van der Waals surface area contributed by atoms with Crippen molar-refractivity contribution in [3.63, 3.8) is 0 Å². The average Bonchev–Trinajstić information content (AvgIpc) is 2.46. The first-order valence-electron chi connectivity index (χ1n) is 6.69. The third kappa shape index (κ3) is 6.18. The number of aryl methyl sites for hydroxylation is 1. The van der Waals surface area contributed by atoms with E-state index in [-0.39, 0.29) is 36.6 Å². The van der Waals surface area contributed by atoms with E-state index in [0.29, 0.717) is 19.8 Å². The molecule has 21 heavy (non-hydrogen) atoms. The van der Waals surface area contributed by atoms with Gasteiger partial charge in [0.1, 0.15) is 0 Å². The van der Waals surface area contributed by atoms with Gasteiger partial charge in [0.2, 0.25) is 5.91 Å². The predicted octanol–water partition coefficient (Wildman–Crippen LogP) is 1.60. The molecule has 1 fully saturated rings. The number of hydrogen-bond acceptors (Lipinski definition) is 4. The van der Waals surface area contributed by atoms with E-state index in [4.69, 9.17) is 10.5 Å². The molecule has 1 amide bonds. The van der Waals surface area contributed by atoms with Gasteiger partial charge in [0.15, 0.2) is 0 Å². The number of carbonyl (C=O) groups excluding carboxylic acids is 1. The second-order valence-electron chi connectivity index (χ2n) is 5.00. The Labute approximate surface area is 137 Å². The van der Waals surface area contributed by atoms with Crippen molar-refractivity contribution < 1.29 is 9.53 Å². The van der Waals surface area contributed by atoms with Gasteiger partial charge in [0.25, 0.3) is 0 Å². The van der Waals surface area contributed by atoms with Crippen LogP contribution in [0.4, 0.5) is 0 Å². The van der Waals surface area contributed by atoms with Gasteiger partial charge in [-0.1, -0.05) is 6.07 Å². The summed E-state index contributed by atoms with van der Waals surface area (Å²) in [6.45, 7) is 3.81. The van der Waals surface area contributed by atoms with Gasteiger partial charge in [0, 0.05) is 31.6 Å². The first kappa shape index (κ1) is 20.1. The number of aromatic nitrogens is 1. The first-order valence-corrected chi connectivity index (χ1v) is 6.69. The molecule has 5 nitrogen and oxygen atoms in total. The van der Waals surface area contributed by atoms with Crippen LogP contribution >= 0.6 is 24.8 Å². The number of amides is 1. The molecule has 1 saturated heterocycles. The molecular formula is C14H23Cl2N3O2. The van der Waals surface area contributed by atoms with Crippen molar-refractivity contribution in [3.05, 3.63) is 29.6 Å². The minimum Gasteiger partial charge on any atom is -0.381 e. The average molecular weight is 336 g/mol. The molecule has 2 rings (SSSR count). The molecule has 0 bridgehead atoms. The third-order valence-corrected chi connectivity index (χ3v) is 3.52. The molecule has 1 unspecified atom stereocenters. The first-order chi connectivity index (χ1) is 9.16. The van der Waals surface area contributed by atoms with Gasteiger partial charge >= 0.3 is 0 Å². The third-order valence-electron chi connectivity index (χ3n) is 3.52. The van der Waals surface area contributed by atoms with E-state index in [1.165, 1.54) is 0 Å². The molecule has 120 valence electrons. The molecule has 0 radical (unpaired) electrons. The maximum absolute atomic E-state index is 12.0. The zero-order valence-corrected chi connectivity index (χ0v) is 13.7. The van der Waals surface area contributed by atoms with E-state index >= 15 is 0 Å². The van der Waals surface area contributed by atoms with E-state index in [1.54, 1.807) is 6.20 Å². The molecule has 1 aliphatic rings. The molecule has 3 N–H and O–H groups in total. The van der Waals surface area contributed by atoms with Crippen LogP contribution in [0.3, 0.4) is 0 Å². The quantitative estimate of drug-likeness (QED) is 0.876. The van der Waals surface area contributed by atoms with E-state index in [0.717, 1.165) is 24.1 Å². The zero-order valence-electron chi connectivity index (χ0n) is 12.1. The predicted molar refractivity (Wildman–Crippen MR) is 86.8 cm³/mol. The van der Waals surface area contributed by atoms with Crippen LogP contribution in [0, 0.1) is 12.8 Å². The van der Waals surface area contributed by atoms with E-state index < -0.39 is 6.04 Å². The highest BCUT2D eigenvalue weighted by Gasteiger charge is 2.26. The second-order valence-corrected chi connectivity index (χ2v) is 5.00. The number of ether oxygens (including phenoxy) is 1. The summed E-state index contributed by atoms with van der Waals surface area (Å²) >= 11 is 0. The molecule has 1 aliphatic heterocycles. The van der Waals surface area contributed by atoms with Crippen molar-refractivity contribution in [2.24, 2.45) is 11.7 Å². The Kier molecular flexibility index (Phi) is 9.53. The number of nitrogens with one attached hydrogen (secondary N) is 1. The fourth-order valence-corrected chi connectivity index (χ4v) is 2.20. The van der Waals surface area contributed by atoms with E-state index in [9.17, 15) is 4.79 Å². The van der Waals surface area contributed by atoms with Gasteiger partial charge in [0.05, 0.1) is 6.04 Å². The summed E-state index contributed by atoms with van der Waals surface area (Å²) < 4.78 is 5.27. The lowest BCUT2D eigenvalue weighted by molar-refractivity contribution is -0.124. The van der Waals surface area contributed by atoms with Gasteiger partial charge < -0.3 is 15.8 Å². The van der Waals surface area contributed by atoms with Crippen LogP contribution in [0.25, 0.3) is 0 Å². The number of halogens is 2. The minimum atomic E-state index is -0.442. The highest BCUT2D eigenvalue weighted by Crippen LogP contribution is 2.17. The summed E-state index contributed by atoms with van der Waals surface area (Å²) in [6.07, 6.45) is 3.50. The molecule has 1 atom stereocenters. The van der Waals surface area contributed by atoms with Crippen LogP contribution < -0.4 is 11.1 Å². The topological polar surface area (TPSA) is 77.2 Å². The minimum absolute atomic E-state index is 0. The molecule has 0 aliphatic carbocycles.